The largest absolute Gasteiger partial charge is 0.494 e. The molecular formula is C17H14F2N2O3. The van der Waals surface area contributed by atoms with Crippen molar-refractivity contribution >= 4 is 11.6 Å². The van der Waals surface area contributed by atoms with Gasteiger partial charge in [0.05, 0.1) is 24.8 Å². The van der Waals surface area contributed by atoms with Gasteiger partial charge in [-0.1, -0.05) is 0 Å². The number of carbonyl (C=O) groups is 1. The van der Waals surface area contributed by atoms with Crippen LogP contribution in [-0.2, 0) is 6.61 Å². The molecule has 124 valence electrons. The Morgan fingerprint density at radius 3 is 2.50 bits per heavy atom. The van der Waals surface area contributed by atoms with E-state index >= 15 is 0 Å². The number of amides is 1. The van der Waals surface area contributed by atoms with Crippen LogP contribution in [0.5, 0.6) is 5.75 Å². The van der Waals surface area contributed by atoms with Gasteiger partial charge in [0, 0.05) is 11.3 Å². The second kappa shape index (κ2) is 7.53. The number of ether oxygens (including phenoxy) is 1. The maximum absolute atomic E-state index is 13.8. The summed E-state index contributed by atoms with van der Waals surface area (Å²) < 4.78 is 33.0. The predicted molar refractivity (Wildman–Crippen MR) is 82.6 cm³/mol. The van der Waals surface area contributed by atoms with E-state index in [1.807, 2.05) is 0 Å². The quantitative estimate of drug-likeness (QED) is 0.882. The molecule has 0 atom stereocenters. The number of nitriles is 1. The number of halogens is 2. The summed E-state index contributed by atoms with van der Waals surface area (Å²) in [6, 6.07) is 7.65. The van der Waals surface area contributed by atoms with E-state index in [1.165, 1.54) is 18.2 Å². The van der Waals surface area contributed by atoms with Gasteiger partial charge in [-0.05, 0) is 37.3 Å². The van der Waals surface area contributed by atoms with Crippen LogP contribution in [0.25, 0.3) is 0 Å². The van der Waals surface area contributed by atoms with Crippen molar-refractivity contribution in [2.75, 3.05) is 11.9 Å². The second-order valence-corrected chi connectivity index (χ2v) is 4.79. The van der Waals surface area contributed by atoms with E-state index in [-0.39, 0.29) is 17.9 Å². The molecule has 0 unspecified atom stereocenters. The van der Waals surface area contributed by atoms with Gasteiger partial charge in [-0.25, -0.2) is 8.78 Å². The number of aliphatic hydroxyl groups is 1. The Balaban J connectivity index is 2.29. The molecule has 2 aromatic carbocycles. The van der Waals surface area contributed by atoms with Gasteiger partial charge in [0.15, 0.2) is 0 Å². The van der Waals surface area contributed by atoms with E-state index in [4.69, 9.17) is 10.00 Å². The van der Waals surface area contributed by atoms with Crippen molar-refractivity contribution < 1.29 is 23.4 Å². The number of nitrogens with one attached hydrogen (secondary N) is 1. The average Bonchev–Trinajstić information content (AvgIpc) is 2.55. The van der Waals surface area contributed by atoms with Crippen molar-refractivity contribution in [1.82, 2.24) is 0 Å². The highest BCUT2D eigenvalue weighted by Crippen LogP contribution is 2.24. The molecular weight excluding hydrogens is 318 g/mol. The second-order valence-electron chi connectivity index (χ2n) is 4.79. The molecule has 0 heterocycles. The summed E-state index contributed by atoms with van der Waals surface area (Å²) in [7, 11) is 0. The van der Waals surface area contributed by atoms with Crippen LogP contribution >= 0.6 is 0 Å². The minimum atomic E-state index is -1.13. The Morgan fingerprint density at radius 1 is 1.29 bits per heavy atom. The molecule has 0 saturated carbocycles. The fourth-order valence-corrected chi connectivity index (χ4v) is 2.13. The molecule has 0 spiro atoms. The maximum Gasteiger partial charge on any atom is 0.261 e. The van der Waals surface area contributed by atoms with Gasteiger partial charge in [0.25, 0.3) is 5.91 Å². The molecule has 2 N–H and O–H groups in total. The van der Waals surface area contributed by atoms with Crippen molar-refractivity contribution in [1.29, 1.82) is 5.26 Å². The fourth-order valence-electron chi connectivity index (χ4n) is 2.13. The molecule has 1 amide bonds. The number of hydrogen-bond acceptors (Lipinski definition) is 4. The van der Waals surface area contributed by atoms with Crippen LogP contribution in [0, 0.1) is 23.0 Å². The summed E-state index contributed by atoms with van der Waals surface area (Å²) in [4.78, 5) is 12.1. The van der Waals surface area contributed by atoms with Gasteiger partial charge in [-0.2, -0.15) is 5.26 Å². The molecule has 0 saturated heterocycles. The Hall–Kier alpha value is -2.98. The van der Waals surface area contributed by atoms with Crippen molar-refractivity contribution in [3.8, 4) is 11.8 Å². The van der Waals surface area contributed by atoms with Gasteiger partial charge >= 0.3 is 0 Å². The lowest BCUT2D eigenvalue weighted by molar-refractivity contribution is 0.101. The Kier molecular flexibility index (Phi) is 5.45. The molecule has 2 aromatic rings. The predicted octanol–water partition coefficient (Wildman–Crippen LogP) is 2.98. The van der Waals surface area contributed by atoms with Crippen LogP contribution in [-0.4, -0.2) is 17.6 Å². The summed E-state index contributed by atoms with van der Waals surface area (Å²) in [6.45, 7) is 1.87. The first-order valence-electron chi connectivity index (χ1n) is 7.07. The molecule has 0 radical (unpaired) electrons. The Morgan fingerprint density at radius 2 is 1.96 bits per heavy atom. The zero-order valence-corrected chi connectivity index (χ0v) is 12.8. The highest BCUT2D eigenvalue weighted by Gasteiger charge is 2.19. The van der Waals surface area contributed by atoms with Gasteiger partial charge in [-0.15, -0.1) is 0 Å². The summed E-state index contributed by atoms with van der Waals surface area (Å²) in [5.74, 6) is -2.80. The smallest absolute Gasteiger partial charge is 0.261 e. The van der Waals surface area contributed by atoms with E-state index in [0.29, 0.717) is 17.9 Å². The summed E-state index contributed by atoms with van der Waals surface area (Å²) >= 11 is 0. The number of aliphatic hydroxyl groups excluding tert-OH is 1. The molecule has 7 heteroatoms. The molecule has 0 aliphatic heterocycles. The van der Waals surface area contributed by atoms with Crippen molar-refractivity contribution in [3.05, 3.63) is 58.7 Å². The van der Waals surface area contributed by atoms with E-state index in [1.54, 1.807) is 13.0 Å². The zero-order chi connectivity index (χ0) is 17.7. The third kappa shape index (κ3) is 3.67. The topological polar surface area (TPSA) is 82.3 Å². The van der Waals surface area contributed by atoms with Crippen LogP contribution in [0.4, 0.5) is 14.5 Å². The number of nitrogens with zero attached hydrogens (tertiary/aromatic N) is 1. The van der Waals surface area contributed by atoms with E-state index in [9.17, 15) is 18.7 Å². The first-order valence-corrected chi connectivity index (χ1v) is 7.07. The summed E-state index contributed by atoms with van der Waals surface area (Å²) in [6.07, 6.45) is 0. The fraction of sp³-hybridized carbons (Fsp3) is 0.176. The minimum Gasteiger partial charge on any atom is -0.494 e. The SMILES string of the molecule is CCOc1ccc(NC(=O)c2c(F)cc(C#N)cc2F)cc1CO. The lowest BCUT2D eigenvalue weighted by Gasteiger charge is -2.12. The van der Waals surface area contributed by atoms with Gasteiger partial charge < -0.3 is 15.2 Å². The normalized spacial score (nSPS) is 10.1. The molecule has 0 aliphatic rings. The van der Waals surface area contributed by atoms with Crippen molar-refractivity contribution in [2.24, 2.45) is 0 Å². The first-order chi connectivity index (χ1) is 11.5. The van der Waals surface area contributed by atoms with Crippen molar-refractivity contribution in [2.45, 2.75) is 13.5 Å². The highest BCUT2D eigenvalue weighted by atomic mass is 19.1. The van der Waals surface area contributed by atoms with Gasteiger partial charge in [0.1, 0.15) is 22.9 Å². The third-order valence-electron chi connectivity index (χ3n) is 3.19. The number of hydrogen-bond donors (Lipinski definition) is 2. The molecule has 0 bridgehead atoms. The number of benzene rings is 2. The van der Waals surface area contributed by atoms with E-state index in [0.717, 1.165) is 12.1 Å². The van der Waals surface area contributed by atoms with Gasteiger partial charge in [-0.3, -0.25) is 4.79 Å². The number of rotatable bonds is 5. The molecule has 0 aliphatic carbocycles. The van der Waals surface area contributed by atoms with Crippen LogP contribution in [0.3, 0.4) is 0 Å². The van der Waals surface area contributed by atoms with Crippen LogP contribution < -0.4 is 10.1 Å². The first kappa shape index (κ1) is 17.4. The zero-order valence-electron chi connectivity index (χ0n) is 12.8. The molecule has 0 fully saturated rings. The van der Waals surface area contributed by atoms with Crippen LogP contribution in [0.2, 0.25) is 0 Å². The lowest BCUT2D eigenvalue weighted by Crippen LogP contribution is -2.16. The summed E-state index contributed by atoms with van der Waals surface area (Å²) in [5, 5.41) is 20.3. The number of carbonyl (C=O) groups excluding carboxylic acids is 1. The molecule has 2 rings (SSSR count). The van der Waals surface area contributed by atoms with Crippen LogP contribution in [0.15, 0.2) is 30.3 Å². The highest BCUT2D eigenvalue weighted by molar-refractivity contribution is 6.04. The molecule has 0 aromatic heterocycles. The monoisotopic (exact) mass is 332 g/mol. The molecule has 5 nitrogen and oxygen atoms in total. The van der Waals surface area contributed by atoms with Crippen molar-refractivity contribution in [3.63, 3.8) is 0 Å². The maximum atomic E-state index is 13.8. The Labute approximate surface area is 137 Å². The average molecular weight is 332 g/mol. The molecule has 24 heavy (non-hydrogen) atoms. The summed E-state index contributed by atoms with van der Waals surface area (Å²) in [5.41, 5.74) is -0.329. The van der Waals surface area contributed by atoms with E-state index < -0.39 is 23.1 Å². The van der Waals surface area contributed by atoms with Crippen LogP contribution in [0.1, 0.15) is 28.4 Å². The Bertz CT molecular complexity index is 793. The third-order valence-corrected chi connectivity index (χ3v) is 3.19. The lowest BCUT2D eigenvalue weighted by atomic mass is 10.1. The minimum absolute atomic E-state index is 0.217. The number of anilines is 1. The van der Waals surface area contributed by atoms with E-state index in [2.05, 4.69) is 5.32 Å². The van der Waals surface area contributed by atoms with Gasteiger partial charge in [0.2, 0.25) is 0 Å². The standard InChI is InChI=1S/C17H14F2N2O3/c1-2-24-15-4-3-12(7-11(15)9-22)21-17(23)16-13(18)5-10(8-20)6-14(16)19/h3-7,22H,2,9H2,1H3,(H,21,23).